The second kappa shape index (κ2) is 4.38. The standard InChI is InChI=1S/C13H9NSSe/c1-2-6-10(7-3-1)16-13-14-11-8-4-5-9-12(11)15-13/h1-9H. The normalized spacial score (nSPS) is 10.8. The third-order valence-electron chi connectivity index (χ3n) is 2.22. The molecule has 0 saturated carbocycles. The van der Waals surface area contributed by atoms with Gasteiger partial charge in [-0.15, -0.1) is 0 Å². The third kappa shape index (κ3) is 2.02. The Morgan fingerprint density at radius 1 is 0.875 bits per heavy atom. The number of para-hydroxylation sites is 1. The first-order valence-corrected chi connectivity index (χ1v) is 7.53. The van der Waals surface area contributed by atoms with Crippen LogP contribution >= 0.6 is 11.3 Å². The Labute approximate surface area is 104 Å². The first kappa shape index (κ1) is 10.0. The Bertz CT molecular complexity index is 570. The Morgan fingerprint density at radius 2 is 1.62 bits per heavy atom. The number of hydrogen-bond acceptors (Lipinski definition) is 2. The van der Waals surface area contributed by atoms with Crippen LogP contribution in [0.5, 0.6) is 0 Å². The summed E-state index contributed by atoms with van der Waals surface area (Å²) in [5.74, 6) is 0. The van der Waals surface area contributed by atoms with E-state index < -0.39 is 0 Å². The van der Waals surface area contributed by atoms with Gasteiger partial charge in [0.05, 0.1) is 0 Å². The Morgan fingerprint density at radius 3 is 2.44 bits per heavy atom. The van der Waals surface area contributed by atoms with E-state index in [0.29, 0.717) is 15.0 Å². The van der Waals surface area contributed by atoms with E-state index in [1.807, 2.05) is 17.4 Å². The Hall–Kier alpha value is -1.15. The van der Waals surface area contributed by atoms with Crippen LogP contribution in [0.3, 0.4) is 0 Å². The van der Waals surface area contributed by atoms with Gasteiger partial charge >= 0.3 is 104 Å². The molecule has 1 aromatic heterocycles. The van der Waals surface area contributed by atoms with Crippen molar-refractivity contribution in [1.82, 2.24) is 4.98 Å². The van der Waals surface area contributed by atoms with Gasteiger partial charge in [0.25, 0.3) is 0 Å². The van der Waals surface area contributed by atoms with Crippen molar-refractivity contribution in [2.24, 2.45) is 0 Å². The quantitative estimate of drug-likeness (QED) is 0.657. The average molecular weight is 290 g/mol. The molecule has 3 heteroatoms. The van der Waals surface area contributed by atoms with Crippen LogP contribution in [0.2, 0.25) is 0 Å². The van der Waals surface area contributed by atoms with Gasteiger partial charge in [-0.05, 0) is 0 Å². The maximum absolute atomic E-state index is 4.65. The van der Waals surface area contributed by atoms with Crippen molar-refractivity contribution in [1.29, 1.82) is 0 Å². The summed E-state index contributed by atoms with van der Waals surface area (Å²) >= 11 is 2.15. The molecule has 3 rings (SSSR count). The van der Waals surface area contributed by atoms with Crippen molar-refractivity contribution in [3.05, 3.63) is 54.6 Å². The molecule has 0 atom stereocenters. The Kier molecular flexibility index (Phi) is 2.75. The van der Waals surface area contributed by atoms with Gasteiger partial charge in [0.15, 0.2) is 0 Å². The van der Waals surface area contributed by atoms with Crippen molar-refractivity contribution in [3.8, 4) is 0 Å². The molecule has 0 amide bonds. The summed E-state index contributed by atoms with van der Waals surface area (Å²) < 4.78 is 3.92. The molecule has 0 aliphatic heterocycles. The molecule has 0 fully saturated rings. The molecule has 0 saturated heterocycles. The van der Waals surface area contributed by atoms with Crippen LogP contribution < -0.4 is 8.37 Å². The average Bonchev–Trinajstić information content (AvgIpc) is 2.72. The van der Waals surface area contributed by atoms with Gasteiger partial charge in [-0.2, -0.15) is 0 Å². The fourth-order valence-electron chi connectivity index (χ4n) is 1.48. The van der Waals surface area contributed by atoms with Crippen molar-refractivity contribution in [2.75, 3.05) is 0 Å². The second-order valence-electron chi connectivity index (χ2n) is 3.36. The molecule has 0 bridgehead atoms. The molecule has 0 aliphatic carbocycles. The zero-order chi connectivity index (χ0) is 10.8. The Balaban J connectivity index is 1.95. The van der Waals surface area contributed by atoms with Crippen LogP contribution in [0.25, 0.3) is 10.2 Å². The van der Waals surface area contributed by atoms with E-state index in [-0.39, 0.29) is 0 Å². The molecule has 3 aromatic rings. The first-order valence-electron chi connectivity index (χ1n) is 5.00. The number of hydrogen-bond donors (Lipinski definition) is 0. The molecule has 0 unspecified atom stereocenters. The molecule has 1 heterocycles. The van der Waals surface area contributed by atoms with Crippen LogP contribution in [0.15, 0.2) is 54.6 Å². The van der Waals surface area contributed by atoms with Gasteiger partial charge in [-0.3, -0.25) is 0 Å². The molecular formula is C13H9NSSe. The zero-order valence-electron chi connectivity index (χ0n) is 8.46. The molecule has 0 N–H and O–H groups in total. The van der Waals surface area contributed by atoms with E-state index in [4.69, 9.17) is 0 Å². The molecule has 78 valence electrons. The summed E-state index contributed by atoms with van der Waals surface area (Å²) in [6.07, 6.45) is 0. The fraction of sp³-hybridized carbons (Fsp3) is 0. The fourth-order valence-corrected chi connectivity index (χ4v) is 4.89. The van der Waals surface area contributed by atoms with Crippen LogP contribution in [-0.4, -0.2) is 19.9 Å². The first-order chi connectivity index (χ1) is 7.92. The number of fused-ring (bicyclic) bond motifs is 1. The van der Waals surface area contributed by atoms with E-state index in [2.05, 4.69) is 53.5 Å². The molecular weight excluding hydrogens is 281 g/mol. The number of rotatable bonds is 2. The van der Waals surface area contributed by atoms with E-state index >= 15 is 0 Å². The zero-order valence-corrected chi connectivity index (χ0v) is 11.0. The minimum atomic E-state index is 0.338. The molecule has 1 nitrogen and oxygen atoms in total. The number of nitrogens with zero attached hydrogens (tertiary/aromatic N) is 1. The van der Waals surface area contributed by atoms with Gasteiger partial charge in [-0.25, -0.2) is 0 Å². The molecule has 16 heavy (non-hydrogen) atoms. The third-order valence-corrected chi connectivity index (χ3v) is 5.63. The van der Waals surface area contributed by atoms with Gasteiger partial charge in [0.2, 0.25) is 0 Å². The predicted molar refractivity (Wildman–Crippen MR) is 71.1 cm³/mol. The SMILES string of the molecule is c1ccc([Se]c2nc3ccccc3s2)cc1. The monoisotopic (exact) mass is 291 g/mol. The summed E-state index contributed by atoms with van der Waals surface area (Å²) in [4.78, 5) is 4.65. The van der Waals surface area contributed by atoms with E-state index in [9.17, 15) is 0 Å². The van der Waals surface area contributed by atoms with Crippen LogP contribution in [-0.2, 0) is 0 Å². The van der Waals surface area contributed by atoms with Gasteiger partial charge in [0, 0.05) is 0 Å². The maximum atomic E-state index is 4.65. The van der Waals surface area contributed by atoms with Crippen molar-refractivity contribution in [3.63, 3.8) is 0 Å². The van der Waals surface area contributed by atoms with Gasteiger partial charge < -0.3 is 0 Å². The van der Waals surface area contributed by atoms with E-state index in [1.165, 1.54) is 13.1 Å². The van der Waals surface area contributed by atoms with Crippen LogP contribution in [0.1, 0.15) is 0 Å². The van der Waals surface area contributed by atoms with Crippen molar-refractivity contribution >= 4 is 44.9 Å². The summed E-state index contributed by atoms with van der Waals surface area (Å²) in [7, 11) is 0. The second-order valence-corrected chi connectivity index (χ2v) is 7.21. The number of thiazole rings is 1. The van der Waals surface area contributed by atoms with Crippen molar-refractivity contribution < 1.29 is 0 Å². The molecule has 0 aliphatic rings. The topological polar surface area (TPSA) is 12.9 Å². The van der Waals surface area contributed by atoms with Gasteiger partial charge in [-0.1, -0.05) is 0 Å². The van der Waals surface area contributed by atoms with Crippen LogP contribution in [0.4, 0.5) is 0 Å². The molecule has 2 aromatic carbocycles. The van der Waals surface area contributed by atoms with Gasteiger partial charge in [0.1, 0.15) is 0 Å². The number of benzene rings is 2. The summed E-state index contributed by atoms with van der Waals surface area (Å²) in [6.45, 7) is 0. The summed E-state index contributed by atoms with van der Waals surface area (Å²) in [6, 6.07) is 18.9. The predicted octanol–water partition coefficient (Wildman–Crippen LogP) is 1.95. The summed E-state index contributed by atoms with van der Waals surface area (Å²) in [5.41, 5.74) is 1.13. The summed E-state index contributed by atoms with van der Waals surface area (Å²) in [5, 5.41) is 0. The minimum absolute atomic E-state index is 0.338. The number of aromatic nitrogens is 1. The van der Waals surface area contributed by atoms with E-state index in [1.54, 1.807) is 0 Å². The van der Waals surface area contributed by atoms with E-state index in [0.717, 1.165) is 5.52 Å². The molecule has 0 spiro atoms. The molecule has 0 radical (unpaired) electrons. The van der Waals surface area contributed by atoms with Crippen molar-refractivity contribution in [2.45, 2.75) is 0 Å². The van der Waals surface area contributed by atoms with Crippen LogP contribution in [0, 0.1) is 0 Å².